The highest BCUT2D eigenvalue weighted by Gasteiger charge is 2.16. The van der Waals surface area contributed by atoms with Crippen molar-refractivity contribution in [1.82, 2.24) is 9.55 Å². The third-order valence-corrected chi connectivity index (χ3v) is 7.98. The molecule has 0 amide bonds. The van der Waals surface area contributed by atoms with E-state index in [0.717, 1.165) is 27.3 Å². The van der Waals surface area contributed by atoms with E-state index < -0.39 is 0 Å². The second-order valence-corrected chi connectivity index (χ2v) is 10.4. The highest BCUT2D eigenvalue weighted by Crippen LogP contribution is 2.38. The van der Waals surface area contributed by atoms with Crippen LogP contribution in [0.5, 0.6) is 0 Å². The van der Waals surface area contributed by atoms with Crippen molar-refractivity contribution in [3.63, 3.8) is 0 Å². The number of benzene rings is 1. The summed E-state index contributed by atoms with van der Waals surface area (Å²) in [6, 6.07) is 9.75. The van der Waals surface area contributed by atoms with Gasteiger partial charge >= 0.3 is 0 Å². The summed E-state index contributed by atoms with van der Waals surface area (Å²) in [5.41, 5.74) is 1.10. The summed E-state index contributed by atoms with van der Waals surface area (Å²) >= 11 is 23.9. The van der Waals surface area contributed by atoms with Crippen molar-refractivity contribution in [2.45, 2.75) is 17.5 Å². The van der Waals surface area contributed by atoms with E-state index in [1.807, 2.05) is 54.2 Å². The van der Waals surface area contributed by atoms with Crippen LogP contribution in [0.3, 0.4) is 0 Å². The molecule has 0 spiro atoms. The summed E-state index contributed by atoms with van der Waals surface area (Å²) in [5.74, 6) is 0.969. The van der Waals surface area contributed by atoms with E-state index in [4.69, 9.17) is 34.8 Å². The molecule has 0 aliphatic carbocycles. The Balaban J connectivity index is 1.63. The number of hydrogen-bond donors (Lipinski definition) is 0. The van der Waals surface area contributed by atoms with Crippen LogP contribution in [0.15, 0.2) is 49.1 Å². The third kappa shape index (κ3) is 5.84. The lowest BCUT2D eigenvalue weighted by Crippen LogP contribution is -2.06. The molecule has 132 valence electrons. The highest BCUT2D eigenvalue weighted by atomic mass is 35.5. The van der Waals surface area contributed by atoms with Gasteiger partial charge in [-0.25, -0.2) is 4.98 Å². The van der Waals surface area contributed by atoms with Gasteiger partial charge in [-0.05, 0) is 29.8 Å². The Hall–Kier alpha value is -0.300. The minimum Gasteiger partial charge on any atom is -0.336 e. The quantitative estimate of drug-likeness (QED) is 0.266. The summed E-state index contributed by atoms with van der Waals surface area (Å²) in [7, 11) is 0. The average Bonchev–Trinajstić information content (AvgIpc) is 3.22. The van der Waals surface area contributed by atoms with Gasteiger partial charge in [0.05, 0.1) is 10.7 Å². The minimum absolute atomic E-state index is 0.235. The van der Waals surface area contributed by atoms with Gasteiger partial charge in [-0.15, -0.1) is 34.9 Å². The zero-order valence-corrected chi connectivity index (χ0v) is 17.8. The molecular formula is C17H15Cl3N2S3. The summed E-state index contributed by atoms with van der Waals surface area (Å²) < 4.78 is 2.92. The first-order valence-electron chi connectivity index (χ1n) is 7.46. The number of rotatable bonds is 8. The third-order valence-electron chi connectivity index (χ3n) is 3.47. The molecule has 0 aliphatic heterocycles. The topological polar surface area (TPSA) is 17.8 Å². The van der Waals surface area contributed by atoms with Crippen molar-refractivity contribution in [3.8, 4) is 0 Å². The van der Waals surface area contributed by atoms with Gasteiger partial charge in [0.25, 0.3) is 0 Å². The maximum absolute atomic E-state index is 6.43. The van der Waals surface area contributed by atoms with Crippen LogP contribution in [0, 0.1) is 0 Å². The first-order valence-corrected chi connectivity index (χ1v) is 11.6. The Morgan fingerprint density at radius 3 is 2.72 bits per heavy atom. The zero-order chi connectivity index (χ0) is 17.6. The molecule has 1 unspecified atom stereocenters. The number of nitrogens with zero attached hydrogens (tertiary/aromatic N) is 2. The summed E-state index contributed by atoms with van der Waals surface area (Å²) in [4.78, 5) is 5.42. The number of imidazole rings is 1. The normalized spacial score (nSPS) is 12.4. The lowest BCUT2D eigenvalue weighted by molar-refractivity contribution is 0.684. The molecule has 0 aliphatic rings. The highest BCUT2D eigenvalue weighted by molar-refractivity contribution is 8.15. The summed E-state index contributed by atoms with van der Waals surface area (Å²) in [6.07, 6.45) is 5.59. The van der Waals surface area contributed by atoms with E-state index in [-0.39, 0.29) is 5.25 Å². The van der Waals surface area contributed by atoms with Crippen molar-refractivity contribution >= 4 is 69.7 Å². The van der Waals surface area contributed by atoms with Crippen LogP contribution in [0.25, 0.3) is 0 Å². The molecule has 2 nitrogen and oxygen atoms in total. The second kappa shape index (κ2) is 9.58. The average molecular weight is 450 g/mol. The summed E-state index contributed by atoms with van der Waals surface area (Å²) in [6.45, 7) is 0.817. The number of thioether (sulfide) groups is 2. The molecule has 0 saturated heterocycles. The van der Waals surface area contributed by atoms with E-state index in [0.29, 0.717) is 10.0 Å². The Morgan fingerprint density at radius 2 is 2.04 bits per heavy atom. The smallest absolute Gasteiger partial charge is 0.0946 e. The molecule has 1 atom stereocenters. The molecule has 0 fully saturated rings. The van der Waals surface area contributed by atoms with Crippen molar-refractivity contribution in [1.29, 1.82) is 0 Å². The first kappa shape index (κ1) is 19.5. The van der Waals surface area contributed by atoms with Gasteiger partial charge < -0.3 is 4.57 Å². The van der Waals surface area contributed by atoms with Crippen LogP contribution in [-0.2, 0) is 12.3 Å². The molecule has 0 N–H and O–H groups in total. The molecule has 3 rings (SSSR count). The molecular weight excluding hydrogens is 435 g/mol. The van der Waals surface area contributed by atoms with Crippen LogP contribution in [0.2, 0.25) is 14.4 Å². The number of halogens is 3. The molecule has 0 saturated carbocycles. The largest absolute Gasteiger partial charge is 0.336 e. The van der Waals surface area contributed by atoms with Gasteiger partial charge in [0, 0.05) is 49.9 Å². The fraction of sp³-hybridized carbons (Fsp3) is 0.235. The fourth-order valence-electron chi connectivity index (χ4n) is 2.29. The van der Waals surface area contributed by atoms with Crippen molar-refractivity contribution in [3.05, 3.63) is 73.9 Å². The molecule has 25 heavy (non-hydrogen) atoms. The lowest BCUT2D eigenvalue weighted by atomic mass is 10.1. The SMILES string of the molecule is Clc1ccc(C(Cn2ccnc2)SCSCc2ccc(Cl)s2)c(Cl)c1. The molecule has 1 aromatic carbocycles. The molecule has 3 aromatic rings. The van der Waals surface area contributed by atoms with Crippen LogP contribution < -0.4 is 0 Å². The molecule has 8 heteroatoms. The van der Waals surface area contributed by atoms with Gasteiger partial charge in [0.1, 0.15) is 0 Å². The van der Waals surface area contributed by atoms with Gasteiger partial charge in [0.2, 0.25) is 0 Å². The van der Waals surface area contributed by atoms with E-state index in [9.17, 15) is 0 Å². The Morgan fingerprint density at radius 1 is 1.16 bits per heavy atom. The molecule has 0 radical (unpaired) electrons. The summed E-state index contributed by atoms with van der Waals surface area (Å²) in [5, 5.41) is 2.57. The number of hydrogen-bond acceptors (Lipinski definition) is 4. The van der Waals surface area contributed by atoms with Crippen LogP contribution >= 0.6 is 69.7 Å². The fourth-order valence-corrected chi connectivity index (χ4v) is 6.60. The van der Waals surface area contributed by atoms with Crippen molar-refractivity contribution < 1.29 is 0 Å². The zero-order valence-electron chi connectivity index (χ0n) is 13.1. The van der Waals surface area contributed by atoms with Crippen LogP contribution in [-0.4, -0.2) is 14.6 Å². The van der Waals surface area contributed by atoms with Gasteiger partial charge in [-0.3, -0.25) is 0 Å². The maximum Gasteiger partial charge on any atom is 0.0946 e. The van der Waals surface area contributed by atoms with Crippen molar-refractivity contribution in [2.75, 3.05) is 5.08 Å². The van der Waals surface area contributed by atoms with E-state index >= 15 is 0 Å². The predicted molar refractivity (Wildman–Crippen MR) is 115 cm³/mol. The van der Waals surface area contributed by atoms with Crippen LogP contribution in [0.1, 0.15) is 15.7 Å². The molecule has 2 heterocycles. The number of aromatic nitrogens is 2. The lowest BCUT2D eigenvalue weighted by Gasteiger charge is -2.19. The maximum atomic E-state index is 6.43. The van der Waals surface area contributed by atoms with Gasteiger partial charge in [-0.1, -0.05) is 40.9 Å². The Labute approximate surface area is 174 Å². The Kier molecular flexibility index (Phi) is 7.46. The minimum atomic E-state index is 0.235. The predicted octanol–water partition coefficient (Wildman–Crippen LogP) is 7.27. The van der Waals surface area contributed by atoms with E-state index in [1.54, 1.807) is 23.6 Å². The van der Waals surface area contributed by atoms with Gasteiger partial charge in [-0.2, -0.15) is 0 Å². The van der Waals surface area contributed by atoms with Crippen molar-refractivity contribution in [2.24, 2.45) is 0 Å². The van der Waals surface area contributed by atoms with E-state index in [1.165, 1.54) is 4.88 Å². The van der Waals surface area contributed by atoms with Gasteiger partial charge in [0.15, 0.2) is 0 Å². The first-order chi connectivity index (χ1) is 12.1. The number of thiophene rings is 1. The Bertz CT molecular complexity index is 805. The van der Waals surface area contributed by atoms with Crippen LogP contribution in [0.4, 0.5) is 0 Å². The molecule has 0 bridgehead atoms. The second-order valence-electron chi connectivity index (χ2n) is 5.25. The van der Waals surface area contributed by atoms with E-state index in [2.05, 4.69) is 15.6 Å². The monoisotopic (exact) mass is 448 g/mol. The standard InChI is InChI=1S/C17H15Cl3N2S3/c18-12-1-3-14(15(19)7-12)16(8-22-6-5-21-10-22)24-11-23-9-13-2-4-17(20)25-13/h1-7,10,16H,8-9,11H2. The molecule has 2 aromatic heterocycles.